The highest BCUT2D eigenvalue weighted by Crippen LogP contribution is 2.20. The Kier molecular flexibility index (Phi) is 4.52. The van der Waals surface area contributed by atoms with Gasteiger partial charge in [-0.3, -0.25) is 4.79 Å². The lowest BCUT2D eigenvalue weighted by Crippen LogP contribution is -2.25. The van der Waals surface area contributed by atoms with Crippen LogP contribution in [0.5, 0.6) is 0 Å². The molecule has 0 aliphatic heterocycles. The van der Waals surface area contributed by atoms with Crippen molar-refractivity contribution in [3.63, 3.8) is 0 Å². The van der Waals surface area contributed by atoms with E-state index in [1.807, 2.05) is 0 Å². The number of hydrogen-bond donors (Lipinski definition) is 2. The lowest BCUT2D eigenvalue weighted by atomic mass is 10.2. The molecule has 0 bridgehead atoms. The molecule has 0 fully saturated rings. The van der Waals surface area contributed by atoms with E-state index in [9.17, 15) is 18.0 Å². The van der Waals surface area contributed by atoms with Gasteiger partial charge in [-0.2, -0.15) is 13.2 Å². The Labute approximate surface area is 102 Å². The highest BCUT2D eigenvalue weighted by atomic mass is 19.4. The lowest BCUT2D eigenvalue weighted by molar-refractivity contribution is -0.135. The monoisotopic (exact) mass is 261 g/mol. The van der Waals surface area contributed by atoms with Gasteiger partial charge in [0.25, 0.3) is 5.91 Å². The maximum atomic E-state index is 11.9. The number of rotatable bonds is 4. The first-order valence-electron chi connectivity index (χ1n) is 5.37. The van der Waals surface area contributed by atoms with Gasteiger partial charge in [0.1, 0.15) is 5.82 Å². The lowest BCUT2D eigenvalue weighted by Gasteiger charge is -2.08. The van der Waals surface area contributed by atoms with Gasteiger partial charge in [0, 0.05) is 24.2 Å². The Morgan fingerprint density at radius 2 is 2.11 bits per heavy atom. The van der Waals surface area contributed by atoms with Crippen LogP contribution in [0, 0.1) is 6.92 Å². The average molecular weight is 261 g/mol. The summed E-state index contributed by atoms with van der Waals surface area (Å²) in [7, 11) is 0. The molecule has 0 unspecified atom stereocenters. The van der Waals surface area contributed by atoms with Gasteiger partial charge in [-0.15, -0.1) is 0 Å². The van der Waals surface area contributed by atoms with Crippen LogP contribution in [0.4, 0.5) is 19.0 Å². The molecule has 0 saturated heterocycles. The summed E-state index contributed by atoms with van der Waals surface area (Å²) in [5.74, 6) is -0.246. The Hall–Kier alpha value is -1.79. The van der Waals surface area contributed by atoms with Crippen LogP contribution in [-0.2, 0) is 0 Å². The Morgan fingerprint density at radius 1 is 1.44 bits per heavy atom. The van der Waals surface area contributed by atoms with Gasteiger partial charge in [0.15, 0.2) is 0 Å². The number of aromatic nitrogens is 1. The normalized spacial score (nSPS) is 11.3. The smallest absolute Gasteiger partial charge is 0.384 e. The van der Waals surface area contributed by atoms with E-state index >= 15 is 0 Å². The van der Waals surface area contributed by atoms with Crippen LogP contribution >= 0.6 is 0 Å². The second-order valence-corrected chi connectivity index (χ2v) is 3.90. The van der Waals surface area contributed by atoms with Crippen molar-refractivity contribution < 1.29 is 18.0 Å². The quantitative estimate of drug-likeness (QED) is 0.815. The third kappa shape index (κ3) is 5.03. The largest absolute Gasteiger partial charge is 0.389 e. The van der Waals surface area contributed by atoms with E-state index in [0.717, 1.165) is 0 Å². The number of nitrogens with one attached hydrogen (secondary N) is 1. The number of nitrogens with two attached hydrogens (primary N) is 1. The first kappa shape index (κ1) is 14.3. The Balaban J connectivity index is 2.46. The molecule has 1 aromatic rings. The molecule has 18 heavy (non-hydrogen) atoms. The average Bonchev–Trinajstić information content (AvgIpc) is 2.21. The molecule has 0 aliphatic rings. The van der Waals surface area contributed by atoms with Crippen LogP contribution in [0.15, 0.2) is 12.1 Å². The minimum absolute atomic E-state index is 0.0282. The van der Waals surface area contributed by atoms with E-state index < -0.39 is 18.5 Å². The molecule has 0 spiro atoms. The molecular formula is C11H14F3N3O. The van der Waals surface area contributed by atoms with Crippen molar-refractivity contribution in [3.8, 4) is 0 Å². The maximum Gasteiger partial charge on any atom is 0.389 e. The van der Waals surface area contributed by atoms with Gasteiger partial charge in [-0.25, -0.2) is 4.98 Å². The van der Waals surface area contributed by atoms with Crippen molar-refractivity contribution >= 4 is 11.7 Å². The molecule has 0 aromatic carbocycles. The minimum Gasteiger partial charge on any atom is -0.384 e. The Bertz CT molecular complexity index is 412. The Morgan fingerprint density at radius 3 is 2.67 bits per heavy atom. The van der Waals surface area contributed by atoms with Crippen molar-refractivity contribution in [3.05, 3.63) is 23.4 Å². The first-order chi connectivity index (χ1) is 8.28. The number of anilines is 1. The predicted molar refractivity (Wildman–Crippen MR) is 61.0 cm³/mol. The minimum atomic E-state index is -4.19. The van der Waals surface area contributed by atoms with Crippen molar-refractivity contribution in [1.29, 1.82) is 0 Å². The molecule has 7 heteroatoms. The topological polar surface area (TPSA) is 68.0 Å². The summed E-state index contributed by atoms with van der Waals surface area (Å²) in [6.45, 7) is 1.65. The number of nitrogen functional groups attached to an aromatic ring is 1. The molecule has 0 radical (unpaired) electrons. The van der Waals surface area contributed by atoms with Gasteiger partial charge >= 0.3 is 6.18 Å². The summed E-state index contributed by atoms with van der Waals surface area (Å²) in [5, 5.41) is 2.40. The van der Waals surface area contributed by atoms with Gasteiger partial charge in [0.05, 0.1) is 0 Å². The molecule has 0 aliphatic carbocycles. The van der Waals surface area contributed by atoms with Crippen molar-refractivity contribution in [1.82, 2.24) is 10.3 Å². The SMILES string of the molecule is Cc1cc(C(=O)NCCCC(F)(F)F)cc(N)n1. The summed E-state index contributed by atoms with van der Waals surface area (Å²) < 4.78 is 35.6. The fourth-order valence-corrected chi connectivity index (χ4v) is 1.42. The summed E-state index contributed by atoms with van der Waals surface area (Å²) >= 11 is 0. The summed E-state index contributed by atoms with van der Waals surface area (Å²) in [5.41, 5.74) is 6.35. The predicted octanol–water partition coefficient (Wildman–Crippen LogP) is 2.04. The number of carbonyl (C=O) groups excluding carboxylic acids is 1. The molecule has 1 aromatic heterocycles. The number of halogens is 3. The van der Waals surface area contributed by atoms with Gasteiger partial charge in [-0.1, -0.05) is 0 Å². The van der Waals surface area contributed by atoms with Crippen molar-refractivity contribution in [2.45, 2.75) is 25.9 Å². The number of pyridine rings is 1. The van der Waals surface area contributed by atoms with Crippen LogP contribution in [0.1, 0.15) is 28.9 Å². The standard InChI is InChI=1S/C11H14F3N3O/c1-7-5-8(6-9(15)17-7)10(18)16-4-2-3-11(12,13)14/h5-6H,2-4H2,1H3,(H2,15,17)(H,16,18). The third-order valence-corrected chi connectivity index (χ3v) is 2.16. The van der Waals surface area contributed by atoms with E-state index in [2.05, 4.69) is 10.3 Å². The maximum absolute atomic E-state index is 11.9. The molecule has 100 valence electrons. The molecule has 0 atom stereocenters. The van der Waals surface area contributed by atoms with Gasteiger partial charge in [-0.05, 0) is 25.5 Å². The molecule has 4 nitrogen and oxygen atoms in total. The summed E-state index contributed by atoms with van der Waals surface area (Å²) in [4.78, 5) is 15.5. The number of amides is 1. The molecule has 1 heterocycles. The van der Waals surface area contributed by atoms with E-state index in [4.69, 9.17) is 5.73 Å². The van der Waals surface area contributed by atoms with Crippen LogP contribution in [0.2, 0.25) is 0 Å². The fourth-order valence-electron chi connectivity index (χ4n) is 1.42. The highest BCUT2D eigenvalue weighted by Gasteiger charge is 2.26. The molecule has 1 rings (SSSR count). The molecule has 3 N–H and O–H groups in total. The number of hydrogen-bond acceptors (Lipinski definition) is 3. The third-order valence-electron chi connectivity index (χ3n) is 2.16. The molecular weight excluding hydrogens is 247 g/mol. The fraction of sp³-hybridized carbons (Fsp3) is 0.455. The molecule has 0 saturated carbocycles. The summed E-state index contributed by atoms with van der Waals surface area (Å²) in [6.07, 6.45) is -5.25. The second-order valence-electron chi connectivity index (χ2n) is 3.90. The van der Waals surface area contributed by atoms with E-state index in [-0.39, 0.29) is 18.8 Å². The van der Waals surface area contributed by atoms with Crippen LogP contribution in [0.3, 0.4) is 0 Å². The van der Waals surface area contributed by atoms with Crippen LogP contribution in [-0.4, -0.2) is 23.6 Å². The summed E-state index contributed by atoms with van der Waals surface area (Å²) in [6, 6.07) is 2.90. The van der Waals surface area contributed by atoms with Crippen molar-refractivity contribution in [2.75, 3.05) is 12.3 Å². The zero-order valence-corrected chi connectivity index (χ0v) is 9.84. The van der Waals surface area contributed by atoms with Crippen LogP contribution < -0.4 is 11.1 Å². The highest BCUT2D eigenvalue weighted by molar-refractivity contribution is 5.94. The number of nitrogens with zero attached hydrogens (tertiary/aromatic N) is 1. The van der Waals surface area contributed by atoms with Gasteiger partial charge < -0.3 is 11.1 Å². The zero-order chi connectivity index (χ0) is 13.8. The zero-order valence-electron chi connectivity index (χ0n) is 9.84. The number of carbonyl (C=O) groups is 1. The van der Waals surface area contributed by atoms with Crippen LogP contribution in [0.25, 0.3) is 0 Å². The number of aryl methyl sites for hydroxylation is 1. The van der Waals surface area contributed by atoms with E-state index in [0.29, 0.717) is 11.3 Å². The van der Waals surface area contributed by atoms with Crippen molar-refractivity contribution in [2.24, 2.45) is 0 Å². The molecule has 1 amide bonds. The number of alkyl halides is 3. The first-order valence-corrected chi connectivity index (χ1v) is 5.37. The second kappa shape index (κ2) is 5.70. The van der Waals surface area contributed by atoms with Gasteiger partial charge in [0.2, 0.25) is 0 Å². The van der Waals surface area contributed by atoms with E-state index in [1.54, 1.807) is 6.92 Å². The van der Waals surface area contributed by atoms with E-state index in [1.165, 1.54) is 12.1 Å².